The van der Waals surface area contributed by atoms with Crippen molar-refractivity contribution in [3.05, 3.63) is 11.6 Å². The Balaban J connectivity index is 1.36. The molecule has 3 aliphatic rings. The van der Waals surface area contributed by atoms with Crippen molar-refractivity contribution in [3.63, 3.8) is 0 Å². The zero-order chi connectivity index (χ0) is 15.8. The molecule has 1 amide bonds. The van der Waals surface area contributed by atoms with Gasteiger partial charge in [-0.2, -0.15) is 0 Å². The van der Waals surface area contributed by atoms with E-state index in [2.05, 4.69) is 20.1 Å². The SMILES string of the molecule is NC1C2CCCC1CC(C(=O)NCc1nnc3n1CCCC3)C2. The summed E-state index contributed by atoms with van der Waals surface area (Å²) in [5.41, 5.74) is 6.32. The molecule has 6 heteroatoms. The number of carbonyl (C=O) groups is 1. The molecule has 1 aromatic rings. The van der Waals surface area contributed by atoms with Crippen molar-refractivity contribution < 1.29 is 4.79 Å². The van der Waals surface area contributed by atoms with Crippen LogP contribution in [0.15, 0.2) is 0 Å². The molecule has 2 aliphatic carbocycles. The molecule has 3 N–H and O–H groups in total. The van der Waals surface area contributed by atoms with Crippen molar-refractivity contribution in [2.45, 2.75) is 70.5 Å². The van der Waals surface area contributed by atoms with Gasteiger partial charge in [-0.3, -0.25) is 4.79 Å². The van der Waals surface area contributed by atoms with E-state index >= 15 is 0 Å². The van der Waals surface area contributed by atoms with Crippen molar-refractivity contribution in [1.82, 2.24) is 20.1 Å². The van der Waals surface area contributed by atoms with E-state index in [1.165, 1.54) is 32.1 Å². The zero-order valence-corrected chi connectivity index (χ0v) is 13.7. The molecule has 0 radical (unpaired) electrons. The second-order valence-electron chi connectivity index (χ2n) is 7.56. The lowest BCUT2D eigenvalue weighted by Crippen LogP contribution is -2.49. The van der Waals surface area contributed by atoms with Crippen molar-refractivity contribution >= 4 is 5.91 Å². The second-order valence-corrected chi connectivity index (χ2v) is 7.56. The topological polar surface area (TPSA) is 85.8 Å². The number of hydrogen-bond donors (Lipinski definition) is 2. The summed E-state index contributed by atoms with van der Waals surface area (Å²) in [6.07, 6.45) is 8.96. The van der Waals surface area contributed by atoms with Crippen LogP contribution in [0.1, 0.15) is 56.6 Å². The molecule has 4 rings (SSSR count). The fourth-order valence-electron chi connectivity index (χ4n) is 4.81. The zero-order valence-electron chi connectivity index (χ0n) is 13.7. The summed E-state index contributed by atoms with van der Waals surface area (Å²) in [4.78, 5) is 12.6. The molecule has 2 atom stereocenters. The molecule has 0 saturated heterocycles. The first-order valence-electron chi connectivity index (χ1n) is 9.16. The Hall–Kier alpha value is -1.43. The lowest BCUT2D eigenvalue weighted by atomic mass is 9.65. The molecule has 126 valence electrons. The van der Waals surface area contributed by atoms with Gasteiger partial charge in [0.2, 0.25) is 5.91 Å². The first kappa shape index (κ1) is 15.1. The number of aryl methyl sites for hydroxylation is 1. The number of hydrogen-bond acceptors (Lipinski definition) is 4. The summed E-state index contributed by atoms with van der Waals surface area (Å²) >= 11 is 0. The average Bonchev–Trinajstić information content (AvgIpc) is 2.95. The highest BCUT2D eigenvalue weighted by atomic mass is 16.1. The van der Waals surface area contributed by atoms with Crippen LogP contribution in [0.4, 0.5) is 0 Å². The van der Waals surface area contributed by atoms with E-state index in [4.69, 9.17) is 5.73 Å². The van der Waals surface area contributed by atoms with Crippen molar-refractivity contribution in [2.24, 2.45) is 23.5 Å². The van der Waals surface area contributed by atoms with Crippen LogP contribution in [0.5, 0.6) is 0 Å². The molecular formula is C17H27N5O. The van der Waals surface area contributed by atoms with Gasteiger partial charge >= 0.3 is 0 Å². The molecule has 2 unspecified atom stereocenters. The predicted octanol–water partition coefficient (Wildman–Crippen LogP) is 1.38. The van der Waals surface area contributed by atoms with E-state index in [-0.39, 0.29) is 11.8 Å². The Kier molecular flexibility index (Phi) is 4.09. The Morgan fingerprint density at radius 2 is 1.96 bits per heavy atom. The number of nitrogens with two attached hydrogens (primary N) is 1. The summed E-state index contributed by atoms with van der Waals surface area (Å²) in [7, 11) is 0. The van der Waals surface area contributed by atoms with E-state index in [0.29, 0.717) is 24.4 Å². The van der Waals surface area contributed by atoms with Gasteiger partial charge < -0.3 is 15.6 Å². The molecule has 2 bridgehead atoms. The van der Waals surface area contributed by atoms with Gasteiger partial charge in [-0.1, -0.05) is 6.42 Å². The molecule has 1 aliphatic heterocycles. The summed E-state index contributed by atoms with van der Waals surface area (Å²) in [5.74, 6) is 3.37. The van der Waals surface area contributed by atoms with Crippen LogP contribution in [0.25, 0.3) is 0 Å². The highest BCUT2D eigenvalue weighted by molar-refractivity contribution is 5.78. The van der Waals surface area contributed by atoms with Gasteiger partial charge in [0.05, 0.1) is 6.54 Å². The minimum absolute atomic E-state index is 0.133. The maximum atomic E-state index is 12.6. The largest absolute Gasteiger partial charge is 0.349 e. The van der Waals surface area contributed by atoms with E-state index in [1.54, 1.807) is 0 Å². The van der Waals surface area contributed by atoms with Crippen LogP contribution in [0.2, 0.25) is 0 Å². The average molecular weight is 317 g/mol. The van der Waals surface area contributed by atoms with Crippen LogP contribution in [0.3, 0.4) is 0 Å². The monoisotopic (exact) mass is 317 g/mol. The fraction of sp³-hybridized carbons (Fsp3) is 0.824. The lowest BCUT2D eigenvalue weighted by Gasteiger charge is -2.43. The highest BCUT2D eigenvalue weighted by Gasteiger charge is 2.40. The Morgan fingerprint density at radius 3 is 2.74 bits per heavy atom. The Labute approximate surface area is 137 Å². The van der Waals surface area contributed by atoms with Gasteiger partial charge in [-0.05, 0) is 50.4 Å². The molecule has 23 heavy (non-hydrogen) atoms. The third kappa shape index (κ3) is 2.89. The summed E-state index contributed by atoms with van der Waals surface area (Å²) in [6.45, 7) is 1.49. The molecular weight excluding hydrogens is 290 g/mol. The predicted molar refractivity (Wildman–Crippen MR) is 86.3 cm³/mol. The molecule has 2 heterocycles. The number of fused-ring (bicyclic) bond motifs is 3. The molecule has 0 spiro atoms. The van der Waals surface area contributed by atoms with Gasteiger partial charge in [0.15, 0.2) is 5.82 Å². The van der Waals surface area contributed by atoms with Gasteiger partial charge in [0, 0.05) is 24.9 Å². The first-order chi connectivity index (χ1) is 11.2. The third-order valence-electron chi connectivity index (χ3n) is 6.14. The van der Waals surface area contributed by atoms with Crippen LogP contribution in [-0.4, -0.2) is 26.7 Å². The number of rotatable bonds is 3. The van der Waals surface area contributed by atoms with Crippen LogP contribution in [0, 0.1) is 17.8 Å². The lowest BCUT2D eigenvalue weighted by molar-refractivity contribution is -0.128. The number of nitrogens with zero attached hydrogens (tertiary/aromatic N) is 3. The number of nitrogens with one attached hydrogen (secondary N) is 1. The van der Waals surface area contributed by atoms with Crippen LogP contribution in [-0.2, 0) is 24.3 Å². The van der Waals surface area contributed by atoms with Gasteiger partial charge in [-0.15, -0.1) is 10.2 Å². The maximum absolute atomic E-state index is 12.6. The van der Waals surface area contributed by atoms with Gasteiger partial charge in [0.1, 0.15) is 5.82 Å². The normalized spacial score (nSPS) is 33.1. The molecule has 0 aromatic carbocycles. The van der Waals surface area contributed by atoms with Crippen LogP contribution >= 0.6 is 0 Å². The quantitative estimate of drug-likeness (QED) is 0.882. The van der Waals surface area contributed by atoms with Crippen LogP contribution < -0.4 is 11.1 Å². The van der Waals surface area contributed by atoms with Gasteiger partial charge in [0.25, 0.3) is 0 Å². The molecule has 2 fully saturated rings. The molecule has 2 saturated carbocycles. The van der Waals surface area contributed by atoms with Crippen molar-refractivity contribution in [3.8, 4) is 0 Å². The van der Waals surface area contributed by atoms with Crippen molar-refractivity contribution in [1.29, 1.82) is 0 Å². The number of aromatic nitrogens is 3. The van der Waals surface area contributed by atoms with E-state index in [1.807, 2.05) is 0 Å². The van der Waals surface area contributed by atoms with Gasteiger partial charge in [-0.25, -0.2) is 0 Å². The van der Waals surface area contributed by atoms with E-state index in [0.717, 1.165) is 37.5 Å². The van der Waals surface area contributed by atoms with E-state index < -0.39 is 0 Å². The summed E-state index contributed by atoms with van der Waals surface area (Å²) < 4.78 is 2.18. The summed E-state index contributed by atoms with van der Waals surface area (Å²) in [6, 6.07) is 0.316. The maximum Gasteiger partial charge on any atom is 0.223 e. The molecule has 1 aromatic heterocycles. The summed E-state index contributed by atoms with van der Waals surface area (Å²) in [5, 5.41) is 11.6. The number of amides is 1. The van der Waals surface area contributed by atoms with Crippen molar-refractivity contribution in [2.75, 3.05) is 0 Å². The first-order valence-corrected chi connectivity index (χ1v) is 9.16. The number of carbonyl (C=O) groups excluding carboxylic acids is 1. The Morgan fingerprint density at radius 1 is 1.17 bits per heavy atom. The molecule has 6 nitrogen and oxygen atoms in total. The standard InChI is InChI=1S/C17H27N5O/c18-16-11-4-3-5-12(16)9-13(8-11)17(23)19-10-15-21-20-14-6-1-2-7-22(14)15/h11-13,16H,1-10,18H2,(H,19,23). The smallest absolute Gasteiger partial charge is 0.223 e. The fourth-order valence-corrected chi connectivity index (χ4v) is 4.81. The second kappa shape index (κ2) is 6.23. The minimum atomic E-state index is 0.133. The highest BCUT2D eigenvalue weighted by Crippen LogP contribution is 2.41. The van der Waals surface area contributed by atoms with E-state index in [9.17, 15) is 4.79 Å². The minimum Gasteiger partial charge on any atom is -0.349 e. The Bertz CT molecular complexity index is 570. The third-order valence-corrected chi connectivity index (χ3v) is 6.14.